The predicted molar refractivity (Wildman–Crippen MR) is 62.9 cm³/mol. The first-order chi connectivity index (χ1) is 7.70. The van der Waals surface area contributed by atoms with E-state index < -0.39 is 11.6 Å². The van der Waals surface area contributed by atoms with Crippen molar-refractivity contribution >= 4 is 29.1 Å². The van der Waals surface area contributed by atoms with Crippen molar-refractivity contribution in [3.8, 4) is 0 Å². The standard InChI is InChI=1S/C11H10N2O2S/c1-13-5-4-12-7-8(13)10(14)11(15)9-3-2-6-16-9/h2-4,6-7H,5H2,1H3. The van der Waals surface area contributed by atoms with Crippen LogP contribution < -0.4 is 0 Å². The molecule has 4 nitrogen and oxygen atoms in total. The Morgan fingerprint density at radius 3 is 2.88 bits per heavy atom. The Hall–Kier alpha value is -1.75. The Balaban J connectivity index is 2.23. The van der Waals surface area contributed by atoms with Crippen LogP contribution in [0.25, 0.3) is 0 Å². The molecule has 0 atom stereocenters. The molecule has 0 unspecified atom stereocenters. The summed E-state index contributed by atoms with van der Waals surface area (Å²) in [5.74, 6) is -0.966. The van der Waals surface area contributed by atoms with Gasteiger partial charge in [-0.05, 0) is 11.4 Å². The molecule has 0 N–H and O–H groups in total. The molecular formula is C11H10N2O2S. The van der Waals surface area contributed by atoms with Crippen LogP contribution in [0.4, 0.5) is 0 Å². The third-order valence-corrected chi connectivity index (χ3v) is 3.12. The van der Waals surface area contributed by atoms with Crippen molar-refractivity contribution in [3.05, 3.63) is 34.3 Å². The number of ketones is 2. The van der Waals surface area contributed by atoms with E-state index in [4.69, 9.17) is 0 Å². The third kappa shape index (κ3) is 1.94. The molecule has 5 heteroatoms. The lowest BCUT2D eigenvalue weighted by Gasteiger charge is -2.20. The average Bonchev–Trinajstić information content (AvgIpc) is 2.81. The summed E-state index contributed by atoms with van der Waals surface area (Å²) in [5, 5.41) is 1.78. The first-order valence-corrected chi connectivity index (χ1v) is 5.63. The number of carbonyl (C=O) groups is 2. The maximum atomic E-state index is 11.9. The smallest absolute Gasteiger partial charge is 0.251 e. The van der Waals surface area contributed by atoms with Gasteiger partial charge in [0.05, 0.1) is 17.6 Å². The molecule has 16 heavy (non-hydrogen) atoms. The number of allylic oxidation sites excluding steroid dienone is 1. The molecule has 0 saturated heterocycles. The molecule has 2 rings (SSSR count). The number of Topliss-reactive ketones (excluding diaryl/α,β-unsaturated/α-hetero) is 2. The summed E-state index contributed by atoms with van der Waals surface area (Å²) in [6, 6.07) is 3.40. The van der Waals surface area contributed by atoms with Gasteiger partial charge in [-0.3, -0.25) is 14.6 Å². The van der Waals surface area contributed by atoms with Crippen molar-refractivity contribution in [1.29, 1.82) is 0 Å². The van der Waals surface area contributed by atoms with Crippen molar-refractivity contribution in [2.75, 3.05) is 13.6 Å². The van der Waals surface area contributed by atoms with Crippen LogP contribution in [0.2, 0.25) is 0 Å². The predicted octanol–water partition coefficient (Wildman–Crippen LogP) is 1.36. The zero-order valence-electron chi connectivity index (χ0n) is 8.71. The van der Waals surface area contributed by atoms with Gasteiger partial charge in [-0.15, -0.1) is 11.3 Å². The van der Waals surface area contributed by atoms with Crippen molar-refractivity contribution in [2.24, 2.45) is 4.99 Å². The first-order valence-electron chi connectivity index (χ1n) is 4.75. The molecule has 82 valence electrons. The van der Waals surface area contributed by atoms with E-state index in [1.807, 2.05) is 0 Å². The van der Waals surface area contributed by atoms with Crippen LogP contribution >= 0.6 is 11.3 Å². The topological polar surface area (TPSA) is 49.7 Å². The van der Waals surface area contributed by atoms with Crippen LogP contribution in [-0.2, 0) is 4.79 Å². The molecule has 0 radical (unpaired) electrons. The summed E-state index contributed by atoms with van der Waals surface area (Å²) in [4.78, 5) is 29.7. The van der Waals surface area contributed by atoms with Crippen LogP contribution in [0.1, 0.15) is 9.67 Å². The molecule has 1 aromatic heterocycles. The summed E-state index contributed by atoms with van der Waals surface area (Å²) in [6.45, 7) is 0.551. The second kappa shape index (κ2) is 4.40. The van der Waals surface area contributed by atoms with Crippen LogP contribution in [0.15, 0.2) is 34.4 Å². The molecule has 0 spiro atoms. The van der Waals surface area contributed by atoms with Crippen molar-refractivity contribution in [3.63, 3.8) is 0 Å². The van der Waals surface area contributed by atoms with E-state index >= 15 is 0 Å². The maximum absolute atomic E-state index is 11.9. The SMILES string of the molecule is CN1CC=NC=C1C(=O)C(=O)c1cccs1. The van der Waals surface area contributed by atoms with E-state index in [1.54, 1.807) is 35.7 Å². The van der Waals surface area contributed by atoms with Crippen LogP contribution in [0.3, 0.4) is 0 Å². The van der Waals surface area contributed by atoms with Gasteiger partial charge in [-0.25, -0.2) is 0 Å². The summed E-state index contributed by atoms with van der Waals surface area (Å²) in [6.07, 6.45) is 3.11. The van der Waals surface area contributed by atoms with E-state index in [1.165, 1.54) is 17.5 Å². The molecule has 0 fully saturated rings. The largest absolute Gasteiger partial charge is 0.365 e. The van der Waals surface area contributed by atoms with E-state index in [2.05, 4.69) is 4.99 Å². The number of thiophene rings is 1. The minimum atomic E-state index is -0.498. The highest BCUT2D eigenvalue weighted by Gasteiger charge is 2.24. The molecule has 0 amide bonds. The number of rotatable bonds is 3. The van der Waals surface area contributed by atoms with Crippen LogP contribution in [0, 0.1) is 0 Å². The fourth-order valence-corrected chi connectivity index (χ4v) is 2.02. The van der Waals surface area contributed by atoms with Gasteiger partial charge in [0.15, 0.2) is 0 Å². The van der Waals surface area contributed by atoms with Gasteiger partial charge in [-0.2, -0.15) is 0 Å². The van der Waals surface area contributed by atoms with E-state index in [0.717, 1.165) is 0 Å². The van der Waals surface area contributed by atoms with Crippen molar-refractivity contribution in [2.45, 2.75) is 0 Å². The number of hydrogen-bond acceptors (Lipinski definition) is 5. The van der Waals surface area contributed by atoms with Crippen molar-refractivity contribution < 1.29 is 9.59 Å². The van der Waals surface area contributed by atoms with E-state index in [0.29, 0.717) is 17.1 Å². The lowest BCUT2D eigenvalue weighted by Crippen LogP contribution is -2.31. The number of carbonyl (C=O) groups excluding carboxylic acids is 2. The molecular weight excluding hydrogens is 224 g/mol. The van der Waals surface area contributed by atoms with Gasteiger partial charge in [0.25, 0.3) is 5.78 Å². The normalized spacial score (nSPS) is 14.8. The minimum Gasteiger partial charge on any atom is -0.365 e. The molecule has 1 aliphatic heterocycles. The monoisotopic (exact) mass is 234 g/mol. The summed E-state index contributed by atoms with van der Waals surface area (Å²) in [5.41, 5.74) is 0.348. The molecule has 1 aromatic rings. The van der Waals surface area contributed by atoms with Crippen molar-refractivity contribution in [1.82, 2.24) is 4.90 Å². The van der Waals surface area contributed by atoms with Gasteiger partial charge in [-0.1, -0.05) is 6.07 Å². The van der Waals surface area contributed by atoms with Gasteiger partial charge >= 0.3 is 0 Å². The van der Waals surface area contributed by atoms with Gasteiger partial charge in [0.1, 0.15) is 5.70 Å². The second-order valence-corrected chi connectivity index (χ2v) is 4.31. The lowest BCUT2D eigenvalue weighted by atomic mass is 10.1. The Labute approximate surface area is 96.9 Å². The lowest BCUT2D eigenvalue weighted by molar-refractivity contribution is -0.113. The highest BCUT2D eigenvalue weighted by molar-refractivity contribution is 7.13. The summed E-state index contributed by atoms with van der Waals surface area (Å²) < 4.78 is 0. The first kappa shape index (κ1) is 10.8. The summed E-state index contributed by atoms with van der Waals surface area (Å²) in [7, 11) is 1.76. The average molecular weight is 234 g/mol. The number of hydrogen-bond donors (Lipinski definition) is 0. The van der Waals surface area contributed by atoms with Gasteiger partial charge in [0.2, 0.25) is 5.78 Å². The molecule has 2 heterocycles. The third-order valence-electron chi connectivity index (χ3n) is 2.25. The Kier molecular flexibility index (Phi) is 2.96. The fourth-order valence-electron chi connectivity index (χ4n) is 1.36. The maximum Gasteiger partial charge on any atom is 0.251 e. The highest BCUT2D eigenvalue weighted by Crippen LogP contribution is 2.14. The second-order valence-electron chi connectivity index (χ2n) is 3.36. The molecule has 0 bridgehead atoms. The zero-order chi connectivity index (χ0) is 11.5. The van der Waals surface area contributed by atoms with Gasteiger partial charge < -0.3 is 4.90 Å². The molecule has 1 aliphatic rings. The Bertz CT molecular complexity index is 474. The molecule has 0 saturated carbocycles. The number of likely N-dealkylation sites (N-methyl/N-ethyl adjacent to an activating group) is 1. The number of nitrogens with zero attached hydrogens (tertiary/aromatic N) is 2. The quantitative estimate of drug-likeness (QED) is 0.586. The fraction of sp³-hybridized carbons (Fsp3) is 0.182. The Morgan fingerprint density at radius 1 is 1.44 bits per heavy atom. The van der Waals surface area contributed by atoms with Crippen LogP contribution in [-0.4, -0.2) is 36.3 Å². The summed E-state index contributed by atoms with van der Waals surface area (Å²) >= 11 is 1.27. The Morgan fingerprint density at radius 2 is 2.25 bits per heavy atom. The molecule has 0 aromatic carbocycles. The number of aliphatic imine (C=N–C) groups is 1. The minimum absolute atomic E-state index is 0.348. The zero-order valence-corrected chi connectivity index (χ0v) is 9.53. The van der Waals surface area contributed by atoms with Gasteiger partial charge in [0, 0.05) is 13.3 Å². The van der Waals surface area contributed by atoms with E-state index in [9.17, 15) is 9.59 Å². The van der Waals surface area contributed by atoms with Crippen LogP contribution in [0.5, 0.6) is 0 Å². The molecule has 0 aliphatic carbocycles. The van der Waals surface area contributed by atoms with E-state index in [-0.39, 0.29) is 0 Å². The highest BCUT2D eigenvalue weighted by atomic mass is 32.1.